The summed E-state index contributed by atoms with van der Waals surface area (Å²) in [6.07, 6.45) is 6.04. The van der Waals surface area contributed by atoms with Crippen LogP contribution in [0.5, 0.6) is 0 Å². The van der Waals surface area contributed by atoms with Crippen molar-refractivity contribution in [2.75, 3.05) is 0 Å². The lowest BCUT2D eigenvalue weighted by Gasteiger charge is -2.32. The minimum atomic E-state index is -0.849. The highest BCUT2D eigenvalue weighted by molar-refractivity contribution is 5.87. The number of rotatable bonds is 4. The second-order valence-corrected chi connectivity index (χ2v) is 4.95. The van der Waals surface area contributed by atoms with E-state index in [0.29, 0.717) is 5.57 Å². The summed E-state index contributed by atoms with van der Waals surface area (Å²) in [5.41, 5.74) is 0.403. The molecule has 0 amide bonds. The Hall–Kier alpha value is -0.830. The summed E-state index contributed by atoms with van der Waals surface area (Å²) in [6.45, 7) is 8.75. The van der Waals surface area contributed by atoms with E-state index in [1.54, 1.807) is 20.8 Å². The van der Waals surface area contributed by atoms with E-state index >= 15 is 0 Å². The van der Waals surface area contributed by atoms with Crippen LogP contribution in [-0.4, -0.2) is 17.9 Å². The zero-order chi connectivity index (χ0) is 12.2. The third-order valence-electron chi connectivity index (χ3n) is 2.69. The number of carbonyl (C=O) groups excluding carboxylic acids is 1. The fourth-order valence-electron chi connectivity index (χ4n) is 1.92. The Morgan fingerprint density at radius 2 is 1.81 bits per heavy atom. The minimum absolute atomic E-state index is 0.224. The summed E-state index contributed by atoms with van der Waals surface area (Å²) in [6, 6.07) is 0. The monoisotopic (exact) mass is 226 g/mol. The van der Waals surface area contributed by atoms with Gasteiger partial charge in [-0.05, 0) is 19.8 Å². The molecule has 16 heavy (non-hydrogen) atoms. The topological polar surface area (TPSA) is 35.5 Å². The molecule has 0 N–H and O–H groups in total. The first-order chi connectivity index (χ1) is 7.41. The van der Waals surface area contributed by atoms with Crippen LogP contribution in [0.25, 0.3) is 0 Å². The van der Waals surface area contributed by atoms with Crippen molar-refractivity contribution in [3.8, 4) is 0 Å². The highest BCUT2D eigenvalue weighted by Gasteiger charge is 2.28. The molecule has 0 heterocycles. The van der Waals surface area contributed by atoms with Crippen LogP contribution in [-0.2, 0) is 14.3 Å². The molecular weight excluding hydrogens is 204 g/mol. The van der Waals surface area contributed by atoms with Gasteiger partial charge in [0.2, 0.25) is 5.79 Å². The molecule has 3 nitrogen and oxygen atoms in total. The van der Waals surface area contributed by atoms with Crippen LogP contribution in [0.15, 0.2) is 12.2 Å². The predicted octanol–water partition coefficient (Wildman–Crippen LogP) is 3.19. The van der Waals surface area contributed by atoms with Crippen molar-refractivity contribution < 1.29 is 14.3 Å². The van der Waals surface area contributed by atoms with Gasteiger partial charge in [-0.2, -0.15) is 0 Å². The molecule has 0 unspecified atom stereocenters. The molecule has 1 aliphatic rings. The van der Waals surface area contributed by atoms with Crippen molar-refractivity contribution >= 4 is 5.97 Å². The fraction of sp³-hybridized carbons (Fsp3) is 0.769. The van der Waals surface area contributed by atoms with Gasteiger partial charge in [0.25, 0.3) is 0 Å². The van der Waals surface area contributed by atoms with Crippen molar-refractivity contribution in [2.45, 2.75) is 64.8 Å². The molecule has 0 saturated heterocycles. The van der Waals surface area contributed by atoms with Gasteiger partial charge in [0.1, 0.15) is 0 Å². The van der Waals surface area contributed by atoms with Crippen molar-refractivity contribution in [2.24, 2.45) is 0 Å². The lowest BCUT2D eigenvalue weighted by Crippen LogP contribution is -2.36. The molecule has 0 bridgehead atoms. The molecule has 0 aromatic heterocycles. The molecule has 1 fully saturated rings. The van der Waals surface area contributed by atoms with Gasteiger partial charge in [0, 0.05) is 19.4 Å². The maximum Gasteiger partial charge on any atom is 0.335 e. The molecule has 1 aliphatic carbocycles. The zero-order valence-electron chi connectivity index (χ0n) is 10.5. The lowest BCUT2D eigenvalue weighted by molar-refractivity contribution is -0.232. The highest BCUT2D eigenvalue weighted by Crippen LogP contribution is 2.25. The molecule has 0 atom stereocenters. The van der Waals surface area contributed by atoms with Crippen LogP contribution in [0.3, 0.4) is 0 Å². The summed E-state index contributed by atoms with van der Waals surface area (Å²) in [7, 11) is 0. The highest BCUT2D eigenvalue weighted by atomic mass is 16.7. The van der Waals surface area contributed by atoms with Gasteiger partial charge in [0.15, 0.2) is 0 Å². The van der Waals surface area contributed by atoms with E-state index in [1.807, 2.05) is 0 Å². The van der Waals surface area contributed by atoms with E-state index in [0.717, 1.165) is 12.8 Å². The van der Waals surface area contributed by atoms with Gasteiger partial charge in [-0.25, -0.2) is 4.79 Å². The van der Waals surface area contributed by atoms with Crippen LogP contribution >= 0.6 is 0 Å². The van der Waals surface area contributed by atoms with Gasteiger partial charge in [0.05, 0.1) is 6.10 Å². The third-order valence-corrected chi connectivity index (χ3v) is 2.69. The Balaban J connectivity index is 2.43. The standard InChI is InChI=1S/C13H22O3/c1-10(2)12(14)16-13(3,4)15-11-8-6-5-7-9-11/h11H,1,5-9H2,2-4H3. The van der Waals surface area contributed by atoms with E-state index < -0.39 is 5.79 Å². The Labute approximate surface area is 97.8 Å². The Bertz CT molecular complexity index is 262. The molecule has 1 saturated carbocycles. The second-order valence-electron chi connectivity index (χ2n) is 4.95. The van der Waals surface area contributed by atoms with Gasteiger partial charge in [-0.3, -0.25) is 0 Å². The smallest absolute Gasteiger partial charge is 0.335 e. The average molecular weight is 226 g/mol. The van der Waals surface area contributed by atoms with Crippen LogP contribution in [0.4, 0.5) is 0 Å². The summed E-state index contributed by atoms with van der Waals surface area (Å²) >= 11 is 0. The van der Waals surface area contributed by atoms with Crippen LogP contribution in [0.1, 0.15) is 52.9 Å². The van der Waals surface area contributed by atoms with E-state index in [9.17, 15) is 4.79 Å². The van der Waals surface area contributed by atoms with Gasteiger partial charge >= 0.3 is 5.97 Å². The first-order valence-electron chi connectivity index (χ1n) is 5.97. The molecule has 0 spiro atoms. The van der Waals surface area contributed by atoms with Crippen molar-refractivity contribution in [3.05, 3.63) is 12.2 Å². The average Bonchev–Trinajstić information content (AvgIpc) is 2.17. The molecule has 0 radical (unpaired) electrons. The number of esters is 1. The lowest BCUT2D eigenvalue weighted by atomic mass is 9.97. The number of hydrogen-bond acceptors (Lipinski definition) is 3. The largest absolute Gasteiger partial charge is 0.430 e. The van der Waals surface area contributed by atoms with E-state index in [4.69, 9.17) is 9.47 Å². The summed E-state index contributed by atoms with van der Waals surface area (Å²) in [5.74, 6) is -1.24. The second kappa shape index (κ2) is 5.48. The number of carbonyl (C=O) groups is 1. The van der Waals surface area contributed by atoms with Crippen LogP contribution in [0.2, 0.25) is 0 Å². The molecule has 1 rings (SSSR count). The Morgan fingerprint density at radius 1 is 1.25 bits per heavy atom. The van der Waals surface area contributed by atoms with Gasteiger partial charge < -0.3 is 9.47 Å². The number of ether oxygens (including phenoxy) is 2. The first kappa shape index (κ1) is 13.2. The molecular formula is C13H22O3. The van der Waals surface area contributed by atoms with Crippen LogP contribution < -0.4 is 0 Å². The SMILES string of the molecule is C=C(C)C(=O)OC(C)(C)OC1CCCCC1. The maximum atomic E-state index is 11.4. The first-order valence-corrected chi connectivity index (χ1v) is 5.97. The molecule has 0 aromatic rings. The Kier molecular flexibility index (Phi) is 4.54. The summed E-state index contributed by atoms with van der Waals surface area (Å²) < 4.78 is 11.1. The fourth-order valence-corrected chi connectivity index (χ4v) is 1.92. The zero-order valence-corrected chi connectivity index (χ0v) is 10.5. The van der Waals surface area contributed by atoms with Gasteiger partial charge in [-0.15, -0.1) is 0 Å². The number of hydrogen-bond donors (Lipinski definition) is 0. The van der Waals surface area contributed by atoms with E-state index in [-0.39, 0.29) is 12.1 Å². The summed E-state index contributed by atoms with van der Waals surface area (Å²) in [4.78, 5) is 11.4. The van der Waals surface area contributed by atoms with Crippen molar-refractivity contribution in [1.29, 1.82) is 0 Å². The summed E-state index contributed by atoms with van der Waals surface area (Å²) in [5, 5.41) is 0. The van der Waals surface area contributed by atoms with Crippen molar-refractivity contribution in [1.82, 2.24) is 0 Å². The molecule has 3 heteroatoms. The van der Waals surface area contributed by atoms with Crippen molar-refractivity contribution in [3.63, 3.8) is 0 Å². The van der Waals surface area contributed by atoms with E-state index in [2.05, 4.69) is 6.58 Å². The molecule has 92 valence electrons. The van der Waals surface area contributed by atoms with Gasteiger partial charge in [-0.1, -0.05) is 25.8 Å². The minimum Gasteiger partial charge on any atom is -0.430 e. The predicted molar refractivity (Wildman–Crippen MR) is 62.9 cm³/mol. The molecule has 0 aromatic carbocycles. The van der Waals surface area contributed by atoms with E-state index in [1.165, 1.54) is 19.3 Å². The Morgan fingerprint density at radius 3 is 2.31 bits per heavy atom. The normalized spacial score (nSPS) is 18.2. The molecule has 0 aliphatic heterocycles. The maximum absolute atomic E-state index is 11.4. The third kappa shape index (κ3) is 4.35. The quantitative estimate of drug-likeness (QED) is 0.419. The van der Waals surface area contributed by atoms with Crippen LogP contribution in [0, 0.1) is 0 Å².